The number of methoxy groups -OCH3 is 1. The number of nitrogens with one attached hydrogen (secondary N) is 1. The minimum Gasteiger partial charge on any atom is -0.493 e. The summed E-state index contributed by atoms with van der Waals surface area (Å²) in [5.74, 6) is 1.54. The van der Waals surface area contributed by atoms with Crippen LogP contribution in [-0.2, 0) is 4.74 Å². The molecule has 4 heteroatoms. The van der Waals surface area contributed by atoms with Crippen molar-refractivity contribution < 1.29 is 14.2 Å². The van der Waals surface area contributed by atoms with Gasteiger partial charge in [-0.1, -0.05) is 26.3 Å². The van der Waals surface area contributed by atoms with E-state index in [1.807, 2.05) is 12.1 Å². The summed E-state index contributed by atoms with van der Waals surface area (Å²) in [5.41, 5.74) is 1.19. The first-order chi connectivity index (χ1) is 10.2. The van der Waals surface area contributed by atoms with E-state index in [0.29, 0.717) is 19.3 Å². The number of hydrogen-bond donors (Lipinski definition) is 1. The van der Waals surface area contributed by atoms with Gasteiger partial charge in [-0.15, -0.1) is 0 Å². The second-order valence-corrected chi connectivity index (χ2v) is 5.00. The lowest BCUT2D eigenvalue weighted by Gasteiger charge is -2.16. The van der Waals surface area contributed by atoms with Gasteiger partial charge >= 0.3 is 0 Å². The van der Waals surface area contributed by atoms with Gasteiger partial charge in [0.25, 0.3) is 0 Å². The van der Waals surface area contributed by atoms with Crippen molar-refractivity contribution in [1.29, 1.82) is 0 Å². The Bertz CT molecular complexity index is 396. The highest BCUT2D eigenvalue weighted by atomic mass is 16.5. The van der Waals surface area contributed by atoms with Crippen LogP contribution < -0.4 is 14.8 Å². The van der Waals surface area contributed by atoms with E-state index in [0.717, 1.165) is 37.5 Å². The summed E-state index contributed by atoms with van der Waals surface area (Å²) in [6.45, 7) is 9.29. The number of hydrogen-bond acceptors (Lipinski definition) is 4. The molecule has 0 amide bonds. The summed E-state index contributed by atoms with van der Waals surface area (Å²) in [6, 6.07) is 6.37. The van der Waals surface area contributed by atoms with Crippen LogP contribution in [0.3, 0.4) is 0 Å². The van der Waals surface area contributed by atoms with Gasteiger partial charge in [0.05, 0.1) is 13.7 Å². The zero-order valence-corrected chi connectivity index (χ0v) is 13.8. The van der Waals surface area contributed by atoms with E-state index >= 15 is 0 Å². The van der Waals surface area contributed by atoms with Crippen LogP contribution >= 0.6 is 0 Å². The number of unbranched alkanes of at least 4 members (excludes halogenated alkanes) is 1. The zero-order chi connectivity index (χ0) is 15.5. The Labute approximate surface area is 128 Å². The van der Waals surface area contributed by atoms with Crippen LogP contribution in [0.1, 0.15) is 45.2 Å². The molecule has 1 unspecified atom stereocenters. The molecule has 0 radical (unpaired) electrons. The minimum absolute atomic E-state index is 0.301. The van der Waals surface area contributed by atoms with Crippen molar-refractivity contribution in [2.24, 2.45) is 0 Å². The Kier molecular flexibility index (Phi) is 8.87. The molecule has 0 fully saturated rings. The largest absolute Gasteiger partial charge is 0.493 e. The van der Waals surface area contributed by atoms with Crippen molar-refractivity contribution in [2.75, 3.05) is 33.5 Å². The van der Waals surface area contributed by atoms with Gasteiger partial charge in [0, 0.05) is 12.6 Å². The lowest BCUT2D eigenvalue weighted by atomic mass is 10.1. The SMILES string of the molecule is CCCCOCCOc1ccc(C(C)NCC)cc1OC. The Morgan fingerprint density at radius 1 is 1.10 bits per heavy atom. The number of benzene rings is 1. The van der Waals surface area contributed by atoms with E-state index in [2.05, 4.69) is 32.2 Å². The van der Waals surface area contributed by atoms with E-state index in [-0.39, 0.29) is 0 Å². The summed E-state index contributed by atoms with van der Waals surface area (Å²) < 4.78 is 16.6. The molecule has 1 aromatic carbocycles. The van der Waals surface area contributed by atoms with Crippen LogP contribution in [0, 0.1) is 0 Å². The van der Waals surface area contributed by atoms with Crippen molar-refractivity contribution in [1.82, 2.24) is 5.32 Å². The molecule has 0 bridgehead atoms. The molecule has 0 aliphatic heterocycles. The first kappa shape index (κ1) is 17.8. The third-order valence-corrected chi connectivity index (χ3v) is 3.33. The molecule has 0 saturated heterocycles. The first-order valence-corrected chi connectivity index (χ1v) is 7.84. The zero-order valence-electron chi connectivity index (χ0n) is 13.8. The molecule has 0 aliphatic carbocycles. The molecule has 4 nitrogen and oxygen atoms in total. The van der Waals surface area contributed by atoms with Gasteiger partial charge in [-0.05, 0) is 37.6 Å². The second-order valence-electron chi connectivity index (χ2n) is 5.00. The molecular weight excluding hydrogens is 266 g/mol. The highest BCUT2D eigenvalue weighted by Crippen LogP contribution is 2.30. The molecule has 120 valence electrons. The molecule has 1 N–H and O–H groups in total. The van der Waals surface area contributed by atoms with Crippen molar-refractivity contribution >= 4 is 0 Å². The lowest BCUT2D eigenvalue weighted by molar-refractivity contribution is 0.0970. The average molecular weight is 295 g/mol. The summed E-state index contributed by atoms with van der Waals surface area (Å²) in [7, 11) is 1.67. The van der Waals surface area contributed by atoms with Crippen molar-refractivity contribution in [3.05, 3.63) is 23.8 Å². The predicted octanol–water partition coefficient (Wildman–Crippen LogP) is 3.56. The summed E-state index contributed by atoms with van der Waals surface area (Å²) in [6.07, 6.45) is 2.25. The molecule has 0 heterocycles. The van der Waals surface area contributed by atoms with Crippen molar-refractivity contribution in [2.45, 2.75) is 39.7 Å². The van der Waals surface area contributed by atoms with Crippen LogP contribution in [-0.4, -0.2) is 33.5 Å². The van der Waals surface area contributed by atoms with Gasteiger partial charge < -0.3 is 19.5 Å². The molecule has 0 aromatic heterocycles. The third-order valence-electron chi connectivity index (χ3n) is 3.33. The number of rotatable bonds is 11. The Morgan fingerprint density at radius 3 is 2.57 bits per heavy atom. The molecule has 0 spiro atoms. The first-order valence-electron chi connectivity index (χ1n) is 7.84. The lowest BCUT2D eigenvalue weighted by Crippen LogP contribution is -2.17. The van der Waals surface area contributed by atoms with E-state index in [9.17, 15) is 0 Å². The molecule has 1 rings (SSSR count). The standard InChI is InChI=1S/C17H29NO3/c1-5-7-10-20-11-12-21-16-9-8-15(13-17(16)19-4)14(3)18-6-2/h8-9,13-14,18H,5-7,10-12H2,1-4H3. The smallest absolute Gasteiger partial charge is 0.161 e. The Morgan fingerprint density at radius 2 is 1.90 bits per heavy atom. The van der Waals surface area contributed by atoms with Crippen LogP contribution in [0.2, 0.25) is 0 Å². The monoisotopic (exact) mass is 295 g/mol. The molecule has 0 saturated carbocycles. The molecular formula is C17H29NO3. The summed E-state index contributed by atoms with van der Waals surface area (Å²) in [5, 5.41) is 3.39. The normalized spacial score (nSPS) is 12.2. The van der Waals surface area contributed by atoms with Crippen LogP contribution in [0.25, 0.3) is 0 Å². The fourth-order valence-corrected chi connectivity index (χ4v) is 2.06. The second kappa shape index (κ2) is 10.5. The van der Waals surface area contributed by atoms with Gasteiger partial charge in [-0.25, -0.2) is 0 Å². The van der Waals surface area contributed by atoms with Crippen LogP contribution in [0.15, 0.2) is 18.2 Å². The maximum absolute atomic E-state index is 5.73. The van der Waals surface area contributed by atoms with Gasteiger partial charge in [-0.2, -0.15) is 0 Å². The van der Waals surface area contributed by atoms with E-state index in [1.165, 1.54) is 5.56 Å². The Balaban J connectivity index is 2.50. The maximum Gasteiger partial charge on any atom is 0.161 e. The van der Waals surface area contributed by atoms with Crippen molar-refractivity contribution in [3.63, 3.8) is 0 Å². The quantitative estimate of drug-likeness (QED) is 0.634. The highest BCUT2D eigenvalue weighted by Gasteiger charge is 2.09. The predicted molar refractivity (Wildman–Crippen MR) is 86.3 cm³/mol. The van der Waals surface area contributed by atoms with E-state index < -0.39 is 0 Å². The van der Waals surface area contributed by atoms with E-state index in [1.54, 1.807) is 7.11 Å². The molecule has 1 atom stereocenters. The van der Waals surface area contributed by atoms with Gasteiger partial charge in [0.15, 0.2) is 11.5 Å². The average Bonchev–Trinajstić information content (AvgIpc) is 2.51. The maximum atomic E-state index is 5.73. The van der Waals surface area contributed by atoms with Gasteiger partial charge in [-0.3, -0.25) is 0 Å². The van der Waals surface area contributed by atoms with E-state index in [4.69, 9.17) is 14.2 Å². The topological polar surface area (TPSA) is 39.7 Å². The summed E-state index contributed by atoms with van der Waals surface area (Å²) >= 11 is 0. The molecule has 21 heavy (non-hydrogen) atoms. The minimum atomic E-state index is 0.301. The molecule has 0 aliphatic rings. The third kappa shape index (κ3) is 6.36. The van der Waals surface area contributed by atoms with Gasteiger partial charge in [0.1, 0.15) is 6.61 Å². The fourth-order valence-electron chi connectivity index (χ4n) is 2.06. The fraction of sp³-hybridized carbons (Fsp3) is 0.647. The highest BCUT2D eigenvalue weighted by molar-refractivity contribution is 5.43. The van der Waals surface area contributed by atoms with Crippen LogP contribution in [0.5, 0.6) is 11.5 Å². The number of ether oxygens (including phenoxy) is 3. The summed E-state index contributed by atoms with van der Waals surface area (Å²) in [4.78, 5) is 0. The van der Waals surface area contributed by atoms with Gasteiger partial charge in [0.2, 0.25) is 0 Å². The molecule has 1 aromatic rings. The van der Waals surface area contributed by atoms with Crippen LogP contribution in [0.4, 0.5) is 0 Å². The van der Waals surface area contributed by atoms with Crippen molar-refractivity contribution in [3.8, 4) is 11.5 Å². The Hall–Kier alpha value is -1.26.